The number of fused-ring (bicyclic) bond motifs is 3. The quantitative estimate of drug-likeness (QED) is 0.196. The second-order valence-corrected chi connectivity index (χ2v) is 16.9. The Morgan fingerprint density at radius 2 is 0.732 bits per heavy atom. The van der Waals surface area contributed by atoms with Crippen LogP contribution in [0.15, 0.2) is 144 Å². The van der Waals surface area contributed by atoms with E-state index in [1.165, 1.54) is 49.7 Å². The minimum absolute atomic E-state index is 0.928. The molecule has 1 aromatic heterocycles. The Morgan fingerprint density at radius 1 is 0.366 bits per heavy atom. The number of hydrogen-bond acceptors (Lipinski definition) is 1. The molecule has 0 saturated carbocycles. The molecule has 0 bridgehead atoms. The van der Waals surface area contributed by atoms with Crippen LogP contribution < -0.4 is 5.19 Å². The summed E-state index contributed by atoms with van der Waals surface area (Å²) in [4.78, 5) is 0. The van der Waals surface area contributed by atoms with E-state index in [2.05, 4.69) is 147 Å². The predicted octanol–water partition coefficient (Wildman–Crippen LogP) is 10.8. The van der Waals surface area contributed by atoms with Crippen molar-refractivity contribution in [2.45, 2.75) is 19.6 Å². The van der Waals surface area contributed by atoms with E-state index in [0.29, 0.717) is 0 Å². The van der Waals surface area contributed by atoms with Gasteiger partial charge in [0.15, 0.2) is 0 Å². The second-order valence-electron chi connectivity index (χ2n) is 11.9. The molecular formula is C39H32OSi. The monoisotopic (exact) mass is 544 g/mol. The van der Waals surface area contributed by atoms with Gasteiger partial charge < -0.3 is 4.42 Å². The first-order valence-corrected chi connectivity index (χ1v) is 17.8. The van der Waals surface area contributed by atoms with Crippen LogP contribution in [0.2, 0.25) is 19.6 Å². The van der Waals surface area contributed by atoms with E-state index < -0.39 is 8.07 Å². The number of rotatable bonds is 5. The number of para-hydroxylation sites is 1. The van der Waals surface area contributed by atoms with Crippen molar-refractivity contribution in [2.24, 2.45) is 0 Å². The maximum Gasteiger partial charge on any atom is 0.135 e. The summed E-state index contributed by atoms with van der Waals surface area (Å²) < 4.78 is 6.00. The molecule has 0 fully saturated rings. The Morgan fingerprint density at radius 3 is 1.20 bits per heavy atom. The molecule has 6 aromatic carbocycles. The van der Waals surface area contributed by atoms with Crippen LogP contribution in [0.1, 0.15) is 0 Å². The highest BCUT2D eigenvalue weighted by atomic mass is 28.3. The molecule has 0 aliphatic rings. The highest BCUT2D eigenvalue weighted by Crippen LogP contribution is 2.33. The Hall–Kier alpha value is -4.66. The van der Waals surface area contributed by atoms with Gasteiger partial charge in [0.05, 0.1) is 8.07 Å². The molecule has 0 aliphatic heterocycles. The van der Waals surface area contributed by atoms with E-state index in [4.69, 9.17) is 4.42 Å². The topological polar surface area (TPSA) is 13.1 Å². The molecule has 0 unspecified atom stereocenters. The maximum atomic E-state index is 6.00. The van der Waals surface area contributed by atoms with Crippen LogP contribution in [0.3, 0.4) is 0 Å². The molecule has 7 rings (SSSR count). The van der Waals surface area contributed by atoms with Crippen molar-refractivity contribution in [3.8, 4) is 44.5 Å². The van der Waals surface area contributed by atoms with Gasteiger partial charge in [0.2, 0.25) is 0 Å². The van der Waals surface area contributed by atoms with Gasteiger partial charge in [-0.1, -0.05) is 146 Å². The first-order chi connectivity index (χ1) is 19.9. The molecule has 198 valence electrons. The Labute approximate surface area is 242 Å². The Kier molecular flexibility index (Phi) is 6.21. The molecule has 0 amide bonds. The lowest BCUT2D eigenvalue weighted by Crippen LogP contribution is -2.37. The van der Waals surface area contributed by atoms with Crippen LogP contribution in [0, 0.1) is 0 Å². The van der Waals surface area contributed by atoms with Crippen LogP contribution in [0.4, 0.5) is 0 Å². The van der Waals surface area contributed by atoms with E-state index >= 15 is 0 Å². The van der Waals surface area contributed by atoms with Crippen LogP contribution in [0.25, 0.3) is 66.4 Å². The van der Waals surface area contributed by atoms with Gasteiger partial charge >= 0.3 is 0 Å². The third kappa shape index (κ3) is 4.92. The lowest BCUT2D eigenvalue weighted by molar-refractivity contribution is 0.669. The summed E-state index contributed by atoms with van der Waals surface area (Å²) in [5, 5.41) is 3.81. The average Bonchev–Trinajstić information content (AvgIpc) is 3.39. The molecule has 0 atom stereocenters. The van der Waals surface area contributed by atoms with Crippen molar-refractivity contribution in [3.63, 3.8) is 0 Å². The van der Waals surface area contributed by atoms with E-state index in [1.807, 2.05) is 12.1 Å². The van der Waals surface area contributed by atoms with Gasteiger partial charge in [0.1, 0.15) is 11.2 Å². The van der Waals surface area contributed by atoms with E-state index in [1.54, 1.807) is 0 Å². The maximum absolute atomic E-state index is 6.00. The zero-order chi connectivity index (χ0) is 28.0. The summed E-state index contributed by atoms with van der Waals surface area (Å²) in [5.41, 5.74) is 11.7. The molecule has 0 aliphatic carbocycles. The smallest absolute Gasteiger partial charge is 0.135 e. The summed E-state index contributed by atoms with van der Waals surface area (Å²) in [6, 6.07) is 50.5. The van der Waals surface area contributed by atoms with Gasteiger partial charge in [-0.15, -0.1) is 0 Å². The minimum atomic E-state index is -1.28. The van der Waals surface area contributed by atoms with Gasteiger partial charge in [0.25, 0.3) is 0 Å². The van der Waals surface area contributed by atoms with Crippen LogP contribution in [-0.2, 0) is 0 Å². The molecule has 1 nitrogen and oxygen atoms in total. The van der Waals surface area contributed by atoms with Crippen molar-refractivity contribution >= 4 is 35.2 Å². The lowest BCUT2D eigenvalue weighted by Gasteiger charge is -2.16. The molecule has 0 spiro atoms. The molecule has 1 heterocycles. The standard InChI is InChI=1S/C39H32OSi/c1-41(2,3)35-23-20-32(21-24-35)31-14-12-28(13-15-31)27-8-10-29(11-9-27)30-16-18-33(19-17-30)34-22-25-39-37(26-34)36-6-4-5-7-38(36)40-39/h4-26H,1-3H3. The van der Waals surface area contributed by atoms with Crippen molar-refractivity contribution in [1.82, 2.24) is 0 Å². The molecule has 0 radical (unpaired) electrons. The molecule has 7 aromatic rings. The Balaban J connectivity index is 1.09. The van der Waals surface area contributed by atoms with Gasteiger partial charge in [-0.05, 0) is 62.7 Å². The van der Waals surface area contributed by atoms with Crippen LogP contribution in [-0.4, -0.2) is 8.07 Å². The van der Waals surface area contributed by atoms with Crippen LogP contribution in [0.5, 0.6) is 0 Å². The normalized spacial score (nSPS) is 11.8. The van der Waals surface area contributed by atoms with Crippen molar-refractivity contribution in [1.29, 1.82) is 0 Å². The summed E-state index contributed by atoms with van der Waals surface area (Å²) in [5.74, 6) is 0. The van der Waals surface area contributed by atoms with Crippen LogP contribution >= 0.6 is 0 Å². The van der Waals surface area contributed by atoms with Gasteiger partial charge in [-0.2, -0.15) is 0 Å². The molecule has 2 heteroatoms. The molecular weight excluding hydrogens is 513 g/mol. The lowest BCUT2D eigenvalue weighted by atomic mass is 9.96. The predicted molar refractivity (Wildman–Crippen MR) is 178 cm³/mol. The third-order valence-electron chi connectivity index (χ3n) is 8.12. The van der Waals surface area contributed by atoms with Gasteiger partial charge in [0, 0.05) is 10.8 Å². The van der Waals surface area contributed by atoms with Crippen molar-refractivity contribution in [3.05, 3.63) is 140 Å². The third-order valence-corrected chi connectivity index (χ3v) is 10.2. The highest BCUT2D eigenvalue weighted by molar-refractivity contribution is 6.88. The fourth-order valence-electron chi connectivity index (χ4n) is 5.63. The summed E-state index contributed by atoms with van der Waals surface area (Å²) in [6.45, 7) is 7.17. The fraction of sp³-hybridized carbons (Fsp3) is 0.0769. The zero-order valence-electron chi connectivity index (χ0n) is 23.7. The molecule has 0 saturated heterocycles. The zero-order valence-corrected chi connectivity index (χ0v) is 24.7. The largest absolute Gasteiger partial charge is 0.456 e. The molecule has 0 N–H and O–H groups in total. The first kappa shape index (κ1) is 25.3. The summed E-state index contributed by atoms with van der Waals surface area (Å²) in [7, 11) is -1.28. The minimum Gasteiger partial charge on any atom is -0.456 e. The van der Waals surface area contributed by atoms with E-state index in [-0.39, 0.29) is 0 Å². The highest BCUT2D eigenvalue weighted by Gasteiger charge is 2.15. The van der Waals surface area contributed by atoms with Gasteiger partial charge in [-0.3, -0.25) is 0 Å². The Bertz CT molecular complexity index is 1970. The summed E-state index contributed by atoms with van der Waals surface area (Å²) in [6.07, 6.45) is 0. The van der Waals surface area contributed by atoms with Gasteiger partial charge in [-0.25, -0.2) is 0 Å². The second kappa shape index (κ2) is 10.1. The summed E-state index contributed by atoms with van der Waals surface area (Å²) >= 11 is 0. The fourth-order valence-corrected chi connectivity index (χ4v) is 6.80. The molecule has 41 heavy (non-hydrogen) atoms. The first-order valence-electron chi connectivity index (χ1n) is 14.3. The van der Waals surface area contributed by atoms with E-state index in [0.717, 1.165) is 21.9 Å². The number of furan rings is 1. The number of hydrogen-bond donors (Lipinski definition) is 0. The SMILES string of the molecule is C[Si](C)(C)c1ccc(-c2ccc(-c3ccc(-c4ccc(-c5ccc6oc7ccccc7c6c5)cc4)cc3)cc2)cc1. The number of benzene rings is 6. The van der Waals surface area contributed by atoms with Crippen molar-refractivity contribution < 1.29 is 4.42 Å². The average molecular weight is 545 g/mol. The van der Waals surface area contributed by atoms with Crippen molar-refractivity contribution in [2.75, 3.05) is 0 Å². The van der Waals surface area contributed by atoms with E-state index in [9.17, 15) is 0 Å².